The van der Waals surface area contributed by atoms with Gasteiger partial charge in [-0.25, -0.2) is 0 Å². The summed E-state index contributed by atoms with van der Waals surface area (Å²) < 4.78 is 1.18. The average molecular weight is 339 g/mol. The van der Waals surface area contributed by atoms with E-state index in [1.165, 1.54) is 41.5 Å². The molecule has 1 aliphatic rings. The van der Waals surface area contributed by atoms with Crippen LogP contribution in [0.15, 0.2) is 22.7 Å². The summed E-state index contributed by atoms with van der Waals surface area (Å²) in [6, 6.07) is 7.22. The van der Waals surface area contributed by atoms with Gasteiger partial charge in [-0.1, -0.05) is 42.8 Å². The number of halogens is 1. The van der Waals surface area contributed by atoms with E-state index in [9.17, 15) is 0 Å². The number of benzene rings is 1. The second-order valence-corrected chi connectivity index (χ2v) is 7.11. The topological polar surface area (TPSA) is 15.3 Å². The molecule has 0 saturated heterocycles. The second kappa shape index (κ2) is 7.46. The predicted octanol–water partition coefficient (Wildman–Crippen LogP) is 4.57. The summed E-state index contributed by atoms with van der Waals surface area (Å²) in [5.41, 5.74) is 2.82. The van der Waals surface area contributed by atoms with Crippen LogP contribution in [0.1, 0.15) is 45.6 Å². The highest BCUT2D eigenvalue weighted by Gasteiger charge is 2.25. The molecule has 0 radical (unpaired) electrons. The van der Waals surface area contributed by atoms with Crippen molar-refractivity contribution in [2.45, 2.75) is 52.6 Å². The van der Waals surface area contributed by atoms with Crippen LogP contribution in [0.5, 0.6) is 0 Å². The largest absolute Gasteiger partial charge is 0.371 e. The summed E-state index contributed by atoms with van der Waals surface area (Å²) >= 11 is 3.63. The van der Waals surface area contributed by atoms with Crippen LogP contribution in [0, 0.1) is 5.92 Å². The van der Waals surface area contributed by atoms with Gasteiger partial charge in [-0.05, 0) is 42.9 Å². The van der Waals surface area contributed by atoms with Gasteiger partial charge in [-0.3, -0.25) is 0 Å². The van der Waals surface area contributed by atoms with Crippen LogP contribution in [-0.4, -0.2) is 19.1 Å². The molecule has 1 aromatic carbocycles. The van der Waals surface area contributed by atoms with Crippen molar-refractivity contribution in [3.05, 3.63) is 28.2 Å². The van der Waals surface area contributed by atoms with E-state index in [0.717, 1.165) is 19.0 Å². The van der Waals surface area contributed by atoms with Gasteiger partial charge in [0, 0.05) is 35.8 Å². The monoisotopic (exact) mass is 338 g/mol. The van der Waals surface area contributed by atoms with Crippen molar-refractivity contribution < 1.29 is 0 Å². The maximum absolute atomic E-state index is 3.63. The predicted molar refractivity (Wildman–Crippen MR) is 91.3 cm³/mol. The minimum Gasteiger partial charge on any atom is -0.371 e. The second-order valence-electron chi connectivity index (χ2n) is 6.20. The first-order chi connectivity index (χ1) is 9.60. The van der Waals surface area contributed by atoms with Crippen molar-refractivity contribution >= 4 is 21.6 Å². The van der Waals surface area contributed by atoms with E-state index in [2.05, 4.69) is 65.1 Å². The van der Waals surface area contributed by atoms with Gasteiger partial charge in [0.05, 0.1) is 0 Å². The number of anilines is 1. The molecule has 0 heterocycles. The van der Waals surface area contributed by atoms with E-state index < -0.39 is 0 Å². The summed E-state index contributed by atoms with van der Waals surface area (Å²) in [6.07, 6.45) is 4.03. The third kappa shape index (κ3) is 4.78. The lowest BCUT2D eigenvalue weighted by Crippen LogP contribution is -2.29. The van der Waals surface area contributed by atoms with Crippen LogP contribution in [0.4, 0.5) is 5.69 Å². The quantitative estimate of drug-likeness (QED) is 0.746. The van der Waals surface area contributed by atoms with Crippen LogP contribution in [0.25, 0.3) is 0 Å². The zero-order valence-electron chi connectivity index (χ0n) is 13.0. The van der Waals surface area contributed by atoms with Crippen LogP contribution in [0.2, 0.25) is 0 Å². The van der Waals surface area contributed by atoms with Gasteiger partial charge >= 0.3 is 0 Å². The Bertz CT molecular complexity index is 427. The Morgan fingerprint density at radius 1 is 1.35 bits per heavy atom. The molecule has 2 rings (SSSR count). The molecule has 0 aliphatic heterocycles. The number of nitrogens with one attached hydrogen (secondary N) is 1. The number of rotatable bonds is 8. The molecule has 1 N–H and O–H groups in total. The summed E-state index contributed by atoms with van der Waals surface area (Å²) in [5.74, 6) is 0.923. The maximum Gasteiger partial charge on any atom is 0.0423 e. The number of hydrogen-bond donors (Lipinski definition) is 1. The first-order valence-electron chi connectivity index (χ1n) is 7.87. The summed E-state index contributed by atoms with van der Waals surface area (Å²) in [7, 11) is 0. The lowest BCUT2D eigenvalue weighted by atomic mass is 10.1. The molecule has 0 atom stereocenters. The van der Waals surface area contributed by atoms with E-state index in [0.29, 0.717) is 6.04 Å². The Kier molecular flexibility index (Phi) is 5.91. The van der Waals surface area contributed by atoms with Crippen molar-refractivity contribution in [3.63, 3.8) is 0 Å². The van der Waals surface area contributed by atoms with Crippen molar-refractivity contribution in [1.82, 2.24) is 5.32 Å². The first kappa shape index (κ1) is 15.8. The zero-order valence-corrected chi connectivity index (χ0v) is 14.5. The Hall–Kier alpha value is -0.540. The lowest BCUT2D eigenvalue weighted by Gasteiger charge is -2.27. The molecule has 1 saturated carbocycles. The normalized spacial score (nSPS) is 14.8. The van der Waals surface area contributed by atoms with Gasteiger partial charge in [0.15, 0.2) is 0 Å². The minimum atomic E-state index is 0.523. The third-order valence-corrected chi connectivity index (χ3v) is 4.25. The SMILES string of the molecule is CCCN(CC1CC1)c1cc(Br)ccc1CNC(C)C. The van der Waals surface area contributed by atoms with Crippen molar-refractivity contribution in [2.24, 2.45) is 5.92 Å². The van der Waals surface area contributed by atoms with Crippen LogP contribution < -0.4 is 10.2 Å². The first-order valence-corrected chi connectivity index (χ1v) is 8.66. The Labute approximate surface area is 132 Å². The van der Waals surface area contributed by atoms with Gasteiger partial charge in [0.1, 0.15) is 0 Å². The molecule has 2 nitrogen and oxygen atoms in total. The van der Waals surface area contributed by atoms with Crippen LogP contribution in [0.3, 0.4) is 0 Å². The van der Waals surface area contributed by atoms with Crippen LogP contribution in [-0.2, 0) is 6.54 Å². The molecule has 3 heteroatoms. The summed E-state index contributed by atoms with van der Waals surface area (Å²) in [6.45, 7) is 9.99. The molecule has 1 fully saturated rings. The highest BCUT2D eigenvalue weighted by molar-refractivity contribution is 9.10. The summed E-state index contributed by atoms with van der Waals surface area (Å²) in [5, 5.41) is 3.55. The van der Waals surface area contributed by atoms with E-state index in [1.54, 1.807) is 0 Å². The molecule has 20 heavy (non-hydrogen) atoms. The molecule has 112 valence electrons. The molecule has 1 aromatic rings. The Morgan fingerprint density at radius 3 is 2.70 bits per heavy atom. The van der Waals surface area contributed by atoms with Gasteiger partial charge in [0.25, 0.3) is 0 Å². The van der Waals surface area contributed by atoms with Gasteiger partial charge < -0.3 is 10.2 Å². The molecule has 0 aromatic heterocycles. The smallest absolute Gasteiger partial charge is 0.0423 e. The fourth-order valence-corrected chi connectivity index (χ4v) is 2.84. The third-order valence-electron chi connectivity index (χ3n) is 3.76. The van der Waals surface area contributed by atoms with Gasteiger partial charge in [0.2, 0.25) is 0 Å². The highest BCUT2D eigenvalue weighted by atomic mass is 79.9. The molecule has 0 amide bonds. The molecule has 0 spiro atoms. The molecule has 0 unspecified atom stereocenters. The molecular weight excluding hydrogens is 312 g/mol. The fourth-order valence-electron chi connectivity index (χ4n) is 2.49. The number of nitrogens with zero attached hydrogens (tertiary/aromatic N) is 1. The minimum absolute atomic E-state index is 0.523. The van der Waals surface area contributed by atoms with E-state index in [1.807, 2.05) is 0 Å². The molecule has 1 aliphatic carbocycles. The van der Waals surface area contributed by atoms with Crippen LogP contribution >= 0.6 is 15.9 Å². The van der Waals surface area contributed by atoms with E-state index >= 15 is 0 Å². The Balaban J connectivity index is 2.17. The molecular formula is C17H27BrN2. The zero-order chi connectivity index (χ0) is 14.5. The van der Waals surface area contributed by atoms with E-state index in [-0.39, 0.29) is 0 Å². The van der Waals surface area contributed by atoms with Crippen molar-refractivity contribution in [1.29, 1.82) is 0 Å². The Morgan fingerprint density at radius 2 is 2.10 bits per heavy atom. The highest BCUT2D eigenvalue weighted by Crippen LogP contribution is 2.33. The van der Waals surface area contributed by atoms with E-state index in [4.69, 9.17) is 0 Å². The average Bonchev–Trinajstić information content (AvgIpc) is 3.20. The lowest BCUT2D eigenvalue weighted by molar-refractivity contribution is 0.586. The fraction of sp³-hybridized carbons (Fsp3) is 0.647. The van der Waals surface area contributed by atoms with Crippen molar-refractivity contribution in [2.75, 3.05) is 18.0 Å². The maximum atomic E-state index is 3.63. The van der Waals surface area contributed by atoms with Gasteiger partial charge in [-0.15, -0.1) is 0 Å². The number of hydrogen-bond acceptors (Lipinski definition) is 2. The standard InChI is InChI=1S/C17H27BrN2/c1-4-9-20(12-14-5-6-14)17-10-16(18)8-7-15(17)11-19-13(2)3/h7-8,10,13-14,19H,4-6,9,11-12H2,1-3H3. The summed E-state index contributed by atoms with van der Waals surface area (Å²) in [4.78, 5) is 2.58. The van der Waals surface area contributed by atoms with Gasteiger partial charge in [-0.2, -0.15) is 0 Å². The molecule has 0 bridgehead atoms. The van der Waals surface area contributed by atoms with Crippen molar-refractivity contribution in [3.8, 4) is 0 Å².